The number of para-hydroxylation sites is 6. The molecule has 4 nitrogen and oxygen atoms in total. The number of fused-ring (bicyclic) bond motifs is 13. The van der Waals surface area contributed by atoms with Crippen molar-refractivity contribution in [1.82, 2.24) is 0 Å². The summed E-state index contributed by atoms with van der Waals surface area (Å²) >= 11 is 1.88. The van der Waals surface area contributed by atoms with Gasteiger partial charge in [0.25, 0.3) is 0 Å². The van der Waals surface area contributed by atoms with Crippen molar-refractivity contribution in [2.75, 3.05) is 9.80 Å². The molecule has 286 valence electrons. The average Bonchev–Trinajstić information content (AvgIpc) is 4.02. The molecule has 0 fully saturated rings. The first-order chi connectivity index (χ1) is 30.3. The summed E-state index contributed by atoms with van der Waals surface area (Å²) in [5, 5.41) is 11.6. The van der Waals surface area contributed by atoms with Gasteiger partial charge in [-0.3, -0.25) is 0 Å². The van der Waals surface area contributed by atoms with Crippen LogP contribution in [0.4, 0.5) is 34.1 Å². The number of anilines is 6. The molecule has 0 saturated heterocycles. The Labute approximate surface area is 354 Å². The maximum Gasteiger partial charge on any atom is 0.159 e. The van der Waals surface area contributed by atoms with Gasteiger partial charge in [-0.1, -0.05) is 146 Å². The van der Waals surface area contributed by atoms with Crippen LogP contribution in [-0.4, -0.2) is 0 Å². The lowest BCUT2D eigenvalue weighted by Crippen LogP contribution is -2.11. The molecule has 3 aromatic heterocycles. The predicted octanol–water partition coefficient (Wildman–Crippen LogP) is 17.1. The fraction of sp³-hybridized carbons (Fsp3) is 0. The molecule has 0 radical (unpaired) electrons. The molecule has 0 N–H and O–H groups in total. The number of rotatable bonds is 6. The summed E-state index contributed by atoms with van der Waals surface area (Å²) in [5.41, 5.74) is 9.74. The molecule has 3 heterocycles. The number of thiophene rings is 1. The molecular weight excluding hydrogens is 765 g/mol. The zero-order chi connectivity index (χ0) is 40.0. The fourth-order valence-electron chi connectivity index (χ4n) is 9.54. The molecule has 61 heavy (non-hydrogen) atoms. The van der Waals surface area contributed by atoms with Crippen molar-refractivity contribution in [2.24, 2.45) is 0 Å². The van der Waals surface area contributed by atoms with Crippen molar-refractivity contribution in [3.8, 4) is 0 Å². The zero-order valence-electron chi connectivity index (χ0n) is 32.7. The Morgan fingerprint density at radius 2 is 0.639 bits per heavy atom. The lowest BCUT2D eigenvalue weighted by molar-refractivity contribution is 0.669. The van der Waals surface area contributed by atoms with E-state index in [-0.39, 0.29) is 0 Å². The van der Waals surface area contributed by atoms with Crippen molar-refractivity contribution in [3.05, 3.63) is 206 Å². The summed E-state index contributed by atoms with van der Waals surface area (Å²) < 4.78 is 16.0. The van der Waals surface area contributed by atoms with E-state index in [1.807, 2.05) is 23.5 Å². The number of hydrogen-bond donors (Lipinski definition) is 0. The molecule has 10 aromatic carbocycles. The van der Waals surface area contributed by atoms with Crippen LogP contribution < -0.4 is 9.80 Å². The standard InChI is InChI=1S/C56H34N2O2S/c1-3-17-35(18-4-1)57(47-29-15-27-41-39-23-11-13-31-51(39)59-53(41)47)49-33-45-46-34-50(38-22-8-10-26-44(38)56(46)61-55(45)43-25-9-7-21-37(43)49)58(36-19-5-2-6-20-36)48-30-16-28-42-40-24-12-14-32-52(40)60-54(42)48/h1-34H. The minimum Gasteiger partial charge on any atom is -0.454 e. The van der Waals surface area contributed by atoms with Gasteiger partial charge in [0.15, 0.2) is 11.2 Å². The highest BCUT2D eigenvalue weighted by Gasteiger charge is 2.26. The average molecular weight is 799 g/mol. The second-order valence-corrected chi connectivity index (χ2v) is 16.6. The Kier molecular flexibility index (Phi) is 7.44. The van der Waals surface area contributed by atoms with Crippen LogP contribution in [0, 0.1) is 0 Å². The van der Waals surface area contributed by atoms with E-state index in [0.717, 1.165) is 78.0 Å². The van der Waals surface area contributed by atoms with Gasteiger partial charge in [0.05, 0.1) is 22.7 Å². The van der Waals surface area contributed by atoms with Gasteiger partial charge in [-0.15, -0.1) is 11.3 Å². The molecule has 0 atom stereocenters. The summed E-state index contributed by atoms with van der Waals surface area (Å²) in [5.74, 6) is 0. The number of benzene rings is 10. The molecule has 0 aliphatic heterocycles. The first-order valence-corrected chi connectivity index (χ1v) is 21.4. The van der Waals surface area contributed by atoms with Crippen LogP contribution in [0.25, 0.3) is 85.6 Å². The van der Waals surface area contributed by atoms with Gasteiger partial charge in [0.2, 0.25) is 0 Å². The molecule has 0 unspecified atom stereocenters. The predicted molar refractivity (Wildman–Crippen MR) is 258 cm³/mol. The van der Waals surface area contributed by atoms with Gasteiger partial charge < -0.3 is 18.6 Å². The van der Waals surface area contributed by atoms with E-state index in [0.29, 0.717) is 0 Å². The van der Waals surface area contributed by atoms with Crippen LogP contribution in [0.15, 0.2) is 215 Å². The third-order valence-electron chi connectivity index (χ3n) is 12.2. The van der Waals surface area contributed by atoms with E-state index in [1.165, 1.54) is 41.7 Å². The fourth-order valence-corrected chi connectivity index (χ4v) is 10.9. The maximum absolute atomic E-state index is 6.73. The topological polar surface area (TPSA) is 32.8 Å². The Morgan fingerprint density at radius 3 is 1.08 bits per heavy atom. The molecule has 13 rings (SSSR count). The zero-order valence-corrected chi connectivity index (χ0v) is 33.6. The minimum absolute atomic E-state index is 0.860. The molecule has 0 aliphatic rings. The summed E-state index contributed by atoms with van der Waals surface area (Å²) in [6.45, 7) is 0. The summed E-state index contributed by atoms with van der Waals surface area (Å²) in [6, 6.07) is 73.5. The minimum atomic E-state index is 0.860. The Bertz CT molecular complexity index is 3590. The SMILES string of the molecule is c1ccc(N(c2cc3c4cc(N(c5ccccc5)c5cccc6c5oc5ccccc56)c5ccccc5c4sc3c3ccccc23)c2cccc3c2oc2ccccc23)cc1. The number of hydrogen-bond acceptors (Lipinski definition) is 5. The lowest BCUT2D eigenvalue weighted by Gasteiger charge is -2.27. The van der Waals surface area contributed by atoms with Crippen molar-refractivity contribution in [3.63, 3.8) is 0 Å². The third-order valence-corrected chi connectivity index (χ3v) is 13.5. The van der Waals surface area contributed by atoms with Gasteiger partial charge in [-0.05, 0) is 60.7 Å². The van der Waals surface area contributed by atoms with Crippen molar-refractivity contribution >= 4 is 131 Å². The van der Waals surface area contributed by atoms with Crippen molar-refractivity contribution in [1.29, 1.82) is 0 Å². The second kappa shape index (κ2) is 13.3. The van der Waals surface area contributed by atoms with Gasteiger partial charge in [0.1, 0.15) is 11.2 Å². The van der Waals surface area contributed by atoms with Gasteiger partial charge in [-0.2, -0.15) is 0 Å². The van der Waals surface area contributed by atoms with E-state index in [2.05, 4.69) is 204 Å². The highest BCUT2D eigenvalue weighted by atomic mass is 32.1. The quantitative estimate of drug-likeness (QED) is 0.168. The van der Waals surface area contributed by atoms with E-state index in [1.54, 1.807) is 0 Å². The van der Waals surface area contributed by atoms with Crippen LogP contribution in [0.2, 0.25) is 0 Å². The van der Waals surface area contributed by atoms with Crippen LogP contribution in [0.5, 0.6) is 0 Å². The first kappa shape index (κ1) is 34.0. The molecule has 0 amide bonds. The van der Waals surface area contributed by atoms with E-state index >= 15 is 0 Å². The largest absolute Gasteiger partial charge is 0.454 e. The van der Waals surface area contributed by atoms with Crippen LogP contribution in [-0.2, 0) is 0 Å². The molecular formula is C56H34N2O2S. The highest BCUT2D eigenvalue weighted by Crippen LogP contribution is 2.52. The van der Waals surface area contributed by atoms with Crippen LogP contribution in [0.1, 0.15) is 0 Å². The normalized spacial score (nSPS) is 11.9. The van der Waals surface area contributed by atoms with Crippen LogP contribution >= 0.6 is 11.3 Å². The van der Waals surface area contributed by atoms with Crippen LogP contribution in [0.3, 0.4) is 0 Å². The van der Waals surface area contributed by atoms with E-state index in [4.69, 9.17) is 8.83 Å². The van der Waals surface area contributed by atoms with Crippen molar-refractivity contribution in [2.45, 2.75) is 0 Å². The monoisotopic (exact) mass is 798 g/mol. The maximum atomic E-state index is 6.73. The van der Waals surface area contributed by atoms with Crippen molar-refractivity contribution < 1.29 is 8.83 Å². The number of nitrogens with zero attached hydrogens (tertiary/aromatic N) is 2. The van der Waals surface area contributed by atoms with E-state index in [9.17, 15) is 0 Å². The second-order valence-electron chi connectivity index (χ2n) is 15.6. The van der Waals surface area contributed by atoms with E-state index < -0.39 is 0 Å². The third kappa shape index (κ3) is 5.11. The highest BCUT2D eigenvalue weighted by molar-refractivity contribution is 7.27. The summed E-state index contributed by atoms with van der Waals surface area (Å²) in [6.07, 6.45) is 0. The Morgan fingerprint density at radius 1 is 0.279 bits per heavy atom. The molecule has 0 spiro atoms. The number of furan rings is 2. The van der Waals surface area contributed by atoms with Gasteiger partial charge in [0, 0.05) is 74.6 Å². The first-order valence-electron chi connectivity index (χ1n) is 20.6. The van der Waals surface area contributed by atoms with Gasteiger partial charge >= 0.3 is 0 Å². The molecule has 0 saturated carbocycles. The lowest BCUT2D eigenvalue weighted by atomic mass is 9.99. The molecule has 0 aliphatic carbocycles. The molecule has 5 heteroatoms. The summed E-state index contributed by atoms with van der Waals surface area (Å²) in [4.78, 5) is 4.77. The summed E-state index contributed by atoms with van der Waals surface area (Å²) in [7, 11) is 0. The Hall–Kier alpha value is -7.86. The Balaban J connectivity index is 1.13. The molecule has 13 aromatic rings. The van der Waals surface area contributed by atoms with Gasteiger partial charge in [-0.25, -0.2) is 0 Å². The molecule has 0 bridgehead atoms. The smallest absolute Gasteiger partial charge is 0.159 e.